The molecule has 29 heavy (non-hydrogen) atoms. The molecule has 1 saturated heterocycles. The number of nitro groups is 1. The smallest absolute Gasteiger partial charge is 0.296 e. The van der Waals surface area contributed by atoms with Gasteiger partial charge in [-0.1, -0.05) is 6.42 Å². The van der Waals surface area contributed by atoms with Crippen molar-refractivity contribution in [3.8, 4) is 0 Å². The highest BCUT2D eigenvalue weighted by atomic mass is 16.6. The molecule has 1 unspecified atom stereocenters. The van der Waals surface area contributed by atoms with Gasteiger partial charge in [-0.25, -0.2) is 4.99 Å². The van der Waals surface area contributed by atoms with Crippen molar-refractivity contribution in [1.82, 2.24) is 0 Å². The molecule has 1 aliphatic carbocycles. The fourth-order valence-electron chi connectivity index (χ4n) is 4.27. The van der Waals surface area contributed by atoms with Crippen LogP contribution in [0.1, 0.15) is 32.1 Å². The Morgan fingerprint density at radius 2 is 1.83 bits per heavy atom. The number of benzene rings is 1. The van der Waals surface area contributed by atoms with E-state index in [4.69, 9.17) is 9.73 Å². The summed E-state index contributed by atoms with van der Waals surface area (Å²) < 4.78 is 5.16. The van der Waals surface area contributed by atoms with Gasteiger partial charge in [0.15, 0.2) is 17.3 Å². The third-order valence-electron chi connectivity index (χ3n) is 5.84. The largest absolute Gasteiger partial charge is 0.394 e. The van der Waals surface area contributed by atoms with Crippen LogP contribution in [0.4, 0.5) is 11.4 Å². The summed E-state index contributed by atoms with van der Waals surface area (Å²) in [7, 11) is 0. The van der Waals surface area contributed by atoms with E-state index in [-0.39, 0.29) is 11.0 Å². The number of hydrogen-bond donors (Lipinski definition) is 5. The number of hydrogen-bond acceptors (Lipinski definition) is 10. The summed E-state index contributed by atoms with van der Waals surface area (Å²) in [6.07, 6.45) is -1.16. The Labute approximate surface area is 165 Å². The fourth-order valence-corrected chi connectivity index (χ4v) is 4.27. The zero-order valence-corrected chi connectivity index (χ0v) is 15.6. The number of nitrogens with one attached hydrogen (secondary N) is 1. The molecule has 0 amide bonds. The van der Waals surface area contributed by atoms with E-state index in [1.165, 1.54) is 12.1 Å². The van der Waals surface area contributed by atoms with Gasteiger partial charge in [-0.05, 0) is 31.7 Å². The Balaban J connectivity index is 1.72. The Morgan fingerprint density at radius 3 is 2.48 bits per heavy atom. The molecule has 11 nitrogen and oxygen atoms in total. The molecule has 0 bridgehead atoms. The van der Waals surface area contributed by atoms with E-state index in [0.717, 1.165) is 19.3 Å². The van der Waals surface area contributed by atoms with Crippen molar-refractivity contribution in [2.75, 3.05) is 11.9 Å². The van der Waals surface area contributed by atoms with Crippen LogP contribution in [-0.2, 0) is 4.74 Å². The van der Waals surface area contributed by atoms with Gasteiger partial charge >= 0.3 is 0 Å². The molecule has 1 saturated carbocycles. The third kappa shape index (κ3) is 3.49. The maximum absolute atomic E-state index is 11.5. The molecule has 2 heterocycles. The van der Waals surface area contributed by atoms with Gasteiger partial charge in [-0.15, -0.1) is 0 Å². The number of aliphatic hydroxyl groups excluding tert-OH is 4. The van der Waals surface area contributed by atoms with Gasteiger partial charge < -0.3 is 30.5 Å². The van der Waals surface area contributed by atoms with E-state index in [2.05, 4.69) is 10.3 Å². The van der Waals surface area contributed by atoms with E-state index < -0.39 is 47.8 Å². The summed E-state index contributed by atoms with van der Waals surface area (Å²) in [5.74, 6) is 0. The molecule has 0 radical (unpaired) electrons. The topological polar surface area (TPSA) is 170 Å². The summed E-state index contributed by atoms with van der Waals surface area (Å²) in [5.41, 5.74) is -0.526. The van der Waals surface area contributed by atoms with Crippen molar-refractivity contribution in [2.45, 2.75) is 68.4 Å². The fraction of sp³-hybridized carbons (Fsp3) is 0.667. The summed E-state index contributed by atoms with van der Waals surface area (Å²) in [5, 5.41) is 54.8. The average molecular weight is 408 g/mol. The maximum Gasteiger partial charge on any atom is 0.296 e. The van der Waals surface area contributed by atoms with Gasteiger partial charge in [0.05, 0.1) is 17.2 Å². The first-order valence-electron chi connectivity index (χ1n) is 9.69. The predicted molar refractivity (Wildman–Crippen MR) is 98.6 cm³/mol. The number of non-ortho nitro benzene ring substituents is 1. The lowest BCUT2D eigenvalue weighted by Gasteiger charge is -2.40. The second-order valence-electron chi connectivity index (χ2n) is 7.75. The van der Waals surface area contributed by atoms with Crippen molar-refractivity contribution >= 4 is 11.4 Å². The monoisotopic (exact) mass is 408 g/mol. The molecule has 1 aromatic carbocycles. The van der Waals surface area contributed by atoms with Crippen LogP contribution in [0, 0.1) is 10.1 Å². The molecule has 158 valence electrons. The predicted octanol–water partition coefficient (Wildman–Crippen LogP) is -1.28. The van der Waals surface area contributed by atoms with Gasteiger partial charge in [-0.2, -0.15) is 0 Å². The minimum atomic E-state index is -1.52. The SMILES string of the molecule is O=[N+]([O-])c1ccc(N[C@H]2C(O)O[C@H](CO)[C@@H](O)[C@@H]2O)c2c1=NC1(CCCCC1)N=2. The zero-order valence-electron chi connectivity index (χ0n) is 15.6. The van der Waals surface area contributed by atoms with Crippen molar-refractivity contribution in [2.24, 2.45) is 9.98 Å². The van der Waals surface area contributed by atoms with E-state index >= 15 is 0 Å². The molecule has 2 fully saturated rings. The first-order chi connectivity index (χ1) is 13.8. The average Bonchev–Trinajstić information content (AvgIpc) is 3.06. The molecule has 2 aliphatic heterocycles. The van der Waals surface area contributed by atoms with E-state index in [0.29, 0.717) is 23.9 Å². The van der Waals surface area contributed by atoms with Crippen molar-refractivity contribution < 1.29 is 30.1 Å². The van der Waals surface area contributed by atoms with E-state index in [9.17, 15) is 30.5 Å². The van der Waals surface area contributed by atoms with Crippen molar-refractivity contribution in [1.29, 1.82) is 0 Å². The summed E-state index contributed by atoms with van der Waals surface area (Å²) >= 11 is 0. The summed E-state index contributed by atoms with van der Waals surface area (Å²) in [6.45, 7) is -0.564. The number of rotatable bonds is 4. The number of ether oxygens (including phenoxy) is 1. The highest BCUT2D eigenvalue weighted by Crippen LogP contribution is 2.34. The van der Waals surface area contributed by atoms with Gasteiger partial charge in [0.2, 0.25) is 0 Å². The van der Waals surface area contributed by atoms with Crippen LogP contribution < -0.4 is 16.0 Å². The molecule has 4 rings (SSSR count). The molecule has 11 heteroatoms. The lowest BCUT2D eigenvalue weighted by Crippen LogP contribution is -2.61. The van der Waals surface area contributed by atoms with Crippen LogP contribution in [-0.4, -0.2) is 68.3 Å². The molecular formula is C18H24N4O7. The zero-order chi connectivity index (χ0) is 20.8. The van der Waals surface area contributed by atoms with E-state index in [1.54, 1.807) is 0 Å². The van der Waals surface area contributed by atoms with Crippen molar-refractivity contribution in [3.63, 3.8) is 0 Å². The molecule has 5 N–H and O–H groups in total. The first kappa shape index (κ1) is 20.1. The quantitative estimate of drug-likeness (QED) is 0.303. The van der Waals surface area contributed by atoms with Crippen LogP contribution in [0.25, 0.3) is 0 Å². The number of nitro benzene ring substituents is 1. The highest BCUT2D eigenvalue weighted by Gasteiger charge is 2.44. The number of anilines is 1. The van der Waals surface area contributed by atoms with Gasteiger partial charge in [-0.3, -0.25) is 15.1 Å². The number of aliphatic hydroxyl groups is 4. The summed E-state index contributed by atoms with van der Waals surface area (Å²) in [6, 6.07) is 1.62. The molecule has 1 spiro atoms. The van der Waals surface area contributed by atoms with Gasteiger partial charge in [0.1, 0.15) is 29.7 Å². The Morgan fingerprint density at radius 1 is 1.14 bits per heavy atom. The number of fused-ring (bicyclic) bond motifs is 1. The lowest BCUT2D eigenvalue weighted by molar-refractivity contribution is -0.386. The molecule has 0 aromatic heterocycles. The van der Waals surface area contributed by atoms with Crippen LogP contribution >= 0.6 is 0 Å². The minimum Gasteiger partial charge on any atom is -0.394 e. The van der Waals surface area contributed by atoms with E-state index in [1.807, 2.05) is 0 Å². The lowest BCUT2D eigenvalue weighted by atomic mass is 9.90. The van der Waals surface area contributed by atoms with Gasteiger partial charge in [0.25, 0.3) is 5.69 Å². The van der Waals surface area contributed by atoms with Crippen molar-refractivity contribution in [3.05, 3.63) is 33.0 Å². The second-order valence-corrected chi connectivity index (χ2v) is 7.75. The van der Waals surface area contributed by atoms with Crippen LogP contribution in [0.2, 0.25) is 0 Å². The van der Waals surface area contributed by atoms with Crippen LogP contribution in [0.5, 0.6) is 0 Å². The third-order valence-corrected chi connectivity index (χ3v) is 5.84. The standard InChI is InChI=1S/C18H24N4O7/c23-8-11-15(24)16(25)14(17(26)29-11)19-9-4-5-10(22(27)28)13-12(9)20-18(21-13)6-2-1-3-7-18/h4-5,11,14-17,19,23-26H,1-3,6-8H2/t11-,14-,15-,16-,17?/m1/s1. The minimum absolute atomic E-state index is 0.155. The molecule has 5 atom stereocenters. The second kappa shape index (κ2) is 7.58. The molecular weight excluding hydrogens is 384 g/mol. The molecule has 3 aliphatic rings. The van der Waals surface area contributed by atoms with Crippen LogP contribution in [0.15, 0.2) is 22.1 Å². The Hall–Kier alpha value is -2.18. The normalized spacial score (nSPS) is 32.9. The maximum atomic E-state index is 11.5. The summed E-state index contributed by atoms with van der Waals surface area (Å²) in [4.78, 5) is 20.3. The Kier molecular flexibility index (Phi) is 5.25. The molecule has 1 aromatic rings. The first-order valence-corrected chi connectivity index (χ1v) is 9.69. The highest BCUT2D eigenvalue weighted by molar-refractivity contribution is 5.50. The number of nitrogens with zero attached hydrogens (tertiary/aromatic N) is 3. The van der Waals surface area contributed by atoms with Crippen LogP contribution in [0.3, 0.4) is 0 Å². The Bertz CT molecular complexity index is 918. The van der Waals surface area contributed by atoms with Gasteiger partial charge in [0, 0.05) is 6.07 Å².